The number of nitrogens with zero attached hydrogens (tertiary/aromatic N) is 1. The van der Waals surface area contributed by atoms with Crippen molar-refractivity contribution in [3.05, 3.63) is 34.3 Å². The van der Waals surface area contributed by atoms with Crippen LogP contribution < -0.4 is 16.0 Å². The molecule has 23 heavy (non-hydrogen) atoms. The minimum Gasteiger partial charge on any atom is -0.355 e. The number of carbonyl (C=O) groups is 1. The van der Waals surface area contributed by atoms with Crippen molar-refractivity contribution in [2.45, 2.75) is 38.1 Å². The van der Waals surface area contributed by atoms with Gasteiger partial charge in [-0.2, -0.15) is 0 Å². The van der Waals surface area contributed by atoms with Crippen molar-refractivity contribution in [1.29, 1.82) is 0 Å². The first kappa shape index (κ1) is 17.8. The number of hydrogen-bond donors (Lipinski definition) is 3. The van der Waals surface area contributed by atoms with Crippen LogP contribution in [0.4, 0.5) is 0 Å². The molecule has 0 radical (unpaired) electrons. The van der Waals surface area contributed by atoms with Crippen LogP contribution >= 0.6 is 15.9 Å². The zero-order valence-electron chi connectivity index (χ0n) is 13.6. The number of halogens is 1. The highest BCUT2D eigenvalue weighted by Crippen LogP contribution is 2.17. The molecule has 1 saturated carbocycles. The molecule has 2 rings (SSSR count). The number of amides is 1. The Bertz CT molecular complexity index is 524. The average molecular weight is 381 g/mol. The van der Waals surface area contributed by atoms with Gasteiger partial charge in [-0.25, -0.2) is 0 Å². The van der Waals surface area contributed by atoms with Gasteiger partial charge in [0.1, 0.15) is 0 Å². The van der Waals surface area contributed by atoms with Gasteiger partial charge in [0.05, 0.1) is 0 Å². The molecule has 126 valence electrons. The van der Waals surface area contributed by atoms with E-state index < -0.39 is 0 Å². The molecule has 6 heteroatoms. The normalized spacial score (nSPS) is 16.0. The van der Waals surface area contributed by atoms with Crippen LogP contribution in [0, 0.1) is 0 Å². The molecule has 0 aliphatic heterocycles. The lowest BCUT2D eigenvalue weighted by Crippen LogP contribution is -2.46. The van der Waals surface area contributed by atoms with E-state index in [4.69, 9.17) is 0 Å². The molecule has 0 unspecified atom stereocenters. The van der Waals surface area contributed by atoms with Crippen LogP contribution in [0.5, 0.6) is 0 Å². The van der Waals surface area contributed by atoms with E-state index in [0.29, 0.717) is 24.7 Å². The van der Waals surface area contributed by atoms with Gasteiger partial charge in [0.25, 0.3) is 5.91 Å². The molecule has 1 fully saturated rings. The van der Waals surface area contributed by atoms with E-state index in [1.807, 2.05) is 12.1 Å². The Balaban J connectivity index is 1.67. The highest BCUT2D eigenvalue weighted by Gasteiger charge is 2.14. The highest BCUT2D eigenvalue weighted by atomic mass is 79.9. The van der Waals surface area contributed by atoms with Crippen LogP contribution in [-0.4, -0.2) is 38.0 Å². The third-order valence-electron chi connectivity index (χ3n) is 3.98. The Morgan fingerprint density at radius 2 is 1.78 bits per heavy atom. The fourth-order valence-electron chi connectivity index (χ4n) is 2.70. The summed E-state index contributed by atoms with van der Waals surface area (Å²) in [6, 6.07) is 7.85. The van der Waals surface area contributed by atoms with Gasteiger partial charge in [0, 0.05) is 36.2 Å². The summed E-state index contributed by atoms with van der Waals surface area (Å²) in [6.07, 6.45) is 6.34. The van der Waals surface area contributed by atoms with Gasteiger partial charge in [-0.05, 0) is 37.1 Å². The topological polar surface area (TPSA) is 65.5 Å². The Morgan fingerprint density at radius 3 is 2.43 bits per heavy atom. The second kappa shape index (κ2) is 9.55. The molecule has 1 aliphatic rings. The Hall–Kier alpha value is -1.56. The van der Waals surface area contributed by atoms with E-state index in [0.717, 1.165) is 10.4 Å². The first-order valence-electron chi connectivity index (χ1n) is 8.20. The second-order valence-electron chi connectivity index (χ2n) is 5.74. The number of carbonyl (C=O) groups excluding carboxylic acids is 1. The van der Waals surface area contributed by atoms with E-state index in [1.54, 1.807) is 19.2 Å². The molecule has 1 aliphatic carbocycles. The van der Waals surface area contributed by atoms with Gasteiger partial charge in [0.15, 0.2) is 5.96 Å². The maximum Gasteiger partial charge on any atom is 0.251 e. The van der Waals surface area contributed by atoms with Gasteiger partial charge in [0.2, 0.25) is 0 Å². The van der Waals surface area contributed by atoms with Crippen LogP contribution in [-0.2, 0) is 0 Å². The third-order valence-corrected chi connectivity index (χ3v) is 4.51. The monoisotopic (exact) mass is 380 g/mol. The Morgan fingerprint density at radius 1 is 1.13 bits per heavy atom. The van der Waals surface area contributed by atoms with Crippen LogP contribution in [0.25, 0.3) is 0 Å². The second-order valence-corrected chi connectivity index (χ2v) is 6.66. The predicted molar refractivity (Wildman–Crippen MR) is 97.8 cm³/mol. The number of guanidine groups is 1. The van der Waals surface area contributed by atoms with Crippen molar-refractivity contribution < 1.29 is 4.79 Å². The van der Waals surface area contributed by atoms with Crippen LogP contribution in [0.15, 0.2) is 33.7 Å². The Labute approximate surface area is 146 Å². The summed E-state index contributed by atoms with van der Waals surface area (Å²) in [7, 11) is 1.78. The predicted octanol–water partition coefficient (Wildman–Crippen LogP) is 2.68. The number of aliphatic imine (C=N–C) groups is 1. The maximum absolute atomic E-state index is 12.0. The molecule has 3 N–H and O–H groups in total. The summed E-state index contributed by atoms with van der Waals surface area (Å²) in [5.74, 6) is 0.754. The van der Waals surface area contributed by atoms with E-state index in [1.165, 1.54) is 32.1 Å². The van der Waals surface area contributed by atoms with Crippen LogP contribution in [0.3, 0.4) is 0 Å². The largest absolute Gasteiger partial charge is 0.355 e. The molecular weight excluding hydrogens is 356 g/mol. The van der Waals surface area contributed by atoms with Crippen molar-refractivity contribution in [3.8, 4) is 0 Å². The summed E-state index contributed by atoms with van der Waals surface area (Å²) in [5.41, 5.74) is 0.665. The van der Waals surface area contributed by atoms with E-state index in [-0.39, 0.29) is 5.91 Å². The van der Waals surface area contributed by atoms with E-state index >= 15 is 0 Å². The first-order chi connectivity index (χ1) is 11.2. The molecule has 5 nitrogen and oxygen atoms in total. The summed E-state index contributed by atoms with van der Waals surface area (Å²) in [6.45, 7) is 1.20. The molecule has 0 aromatic heterocycles. The molecule has 0 heterocycles. The first-order valence-corrected chi connectivity index (χ1v) is 8.99. The van der Waals surface area contributed by atoms with Crippen molar-refractivity contribution >= 4 is 27.8 Å². The van der Waals surface area contributed by atoms with Crippen LogP contribution in [0.1, 0.15) is 42.5 Å². The third kappa shape index (κ3) is 6.22. The summed E-state index contributed by atoms with van der Waals surface area (Å²) < 4.78 is 0.966. The number of hydrogen-bond acceptors (Lipinski definition) is 2. The highest BCUT2D eigenvalue weighted by molar-refractivity contribution is 9.10. The lowest BCUT2D eigenvalue weighted by atomic mass is 9.96. The fraction of sp³-hybridized carbons (Fsp3) is 0.529. The van der Waals surface area contributed by atoms with Gasteiger partial charge >= 0.3 is 0 Å². The number of nitrogens with one attached hydrogen (secondary N) is 3. The van der Waals surface area contributed by atoms with E-state index in [9.17, 15) is 4.79 Å². The van der Waals surface area contributed by atoms with Gasteiger partial charge in [-0.3, -0.25) is 9.79 Å². The van der Waals surface area contributed by atoms with Crippen molar-refractivity contribution in [2.24, 2.45) is 4.99 Å². The van der Waals surface area contributed by atoms with Gasteiger partial charge in [-0.1, -0.05) is 35.2 Å². The quantitative estimate of drug-likeness (QED) is 0.418. The van der Waals surface area contributed by atoms with Crippen molar-refractivity contribution in [3.63, 3.8) is 0 Å². The molecule has 1 aromatic rings. The lowest BCUT2D eigenvalue weighted by Gasteiger charge is -2.24. The standard InChI is InChI=1S/C17H25BrN4O/c1-19-17(22-15-5-3-2-4-6-15)21-12-11-20-16(23)13-7-9-14(18)10-8-13/h7-10,15H,2-6,11-12H2,1H3,(H,20,23)(H2,19,21,22). The zero-order valence-corrected chi connectivity index (χ0v) is 15.2. The minimum absolute atomic E-state index is 0.0606. The lowest BCUT2D eigenvalue weighted by molar-refractivity contribution is 0.0954. The fourth-order valence-corrected chi connectivity index (χ4v) is 2.96. The minimum atomic E-state index is -0.0606. The SMILES string of the molecule is CN=C(NCCNC(=O)c1ccc(Br)cc1)NC1CCCCC1. The zero-order chi connectivity index (χ0) is 16.5. The maximum atomic E-state index is 12.0. The summed E-state index contributed by atoms with van der Waals surface area (Å²) >= 11 is 3.36. The number of benzene rings is 1. The van der Waals surface area contributed by atoms with Crippen LogP contribution in [0.2, 0.25) is 0 Å². The average Bonchev–Trinajstić information content (AvgIpc) is 2.59. The van der Waals surface area contributed by atoms with Gasteiger partial charge in [-0.15, -0.1) is 0 Å². The smallest absolute Gasteiger partial charge is 0.251 e. The molecular formula is C17H25BrN4O. The molecule has 0 bridgehead atoms. The van der Waals surface area contributed by atoms with Crippen molar-refractivity contribution in [2.75, 3.05) is 20.1 Å². The molecule has 0 saturated heterocycles. The van der Waals surface area contributed by atoms with Gasteiger partial charge < -0.3 is 16.0 Å². The van der Waals surface area contributed by atoms with E-state index in [2.05, 4.69) is 36.9 Å². The molecule has 0 spiro atoms. The Kier molecular flexibility index (Phi) is 7.39. The summed E-state index contributed by atoms with van der Waals surface area (Å²) in [4.78, 5) is 16.2. The molecule has 1 aromatic carbocycles. The molecule has 0 atom stereocenters. The number of rotatable bonds is 5. The molecule has 1 amide bonds. The van der Waals surface area contributed by atoms with Crippen molar-refractivity contribution in [1.82, 2.24) is 16.0 Å². The summed E-state index contributed by atoms with van der Waals surface area (Å²) in [5, 5.41) is 9.60.